The second kappa shape index (κ2) is 3.45. The third-order valence-corrected chi connectivity index (χ3v) is 1.92. The zero-order valence-corrected chi connectivity index (χ0v) is 7.40. The lowest BCUT2D eigenvalue weighted by Gasteiger charge is -1.98. The Kier molecular flexibility index (Phi) is 2.56. The molecule has 0 aromatic heterocycles. The van der Waals surface area contributed by atoms with Gasteiger partial charge in [-0.25, -0.2) is 0 Å². The smallest absolute Gasteiger partial charge is 0.138 e. The molecule has 0 spiro atoms. The number of thiocyanates is 1. The van der Waals surface area contributed by atoms with Crippen LogP contribution in [0, 0.1) is 24.5 Å². The Bertz CT molecular complexity index is 279. The number of thioether (sulfide) groups is 1. The van der Waals surface area contributed by atoms with E-state index in [2.05, 4.69) is 11.5 Å². The Hall–Kier alpha value is -0.940. The topological polar surface area (TPSA) is 23.8 Å². The maximum Gasteiger partial charge on any atom is 0.138 e. The zero-order valence-electron chi connectivity index (χ0n) is 6.59. The van der Waals surface area contributed by atoms with Gasteiger partial charge in [-0.05, 0) is 48.9 Å². The summed E-state index contributed by atoms with van der Waals surface area (Å²) in [6, 6.07) is 6.13. The van der Waals surface area contributed by atoms with Crippen LogP contribution in [0.4, 0.5) is 0 Å². The minimum Gasteiger partial charge on any atom is -0.185 e. The normalized spacial score (nSPS) is 9.18. The molecule has 1 aromatic rings. The second-order valence-corrected chi connectivity index (χ2v) is 3.37. The molecule has 0 unspecified atom stereocenters. The second-order valence-electron chi connectivity index (χ2n) is 2.52. The van der Waals surface area contributed by atoms with Crippen molar-refractivity contribution in [3.8, 4) is 5.40 Å². The van der Waals surface area contributed by atoms with Crippen LogP contribution in [-0.2, 0) is 0 Å². The Balaban J connectivity index is 3.01. The van der Waals surface area contributed by atoms with E-state index < -0.39 is 0 Å². The van der Waals surface area contributed by atoms with Crippen LogP contribution < -0.4 is 0 Å². The van der Waals surface area contributed by atoms with Gasteiger partial charge in [0.25, 0.3) is 0 Å². The van der Waals surface area contributed by atoms with Gasteiger partial charge in [0.2, 0.25) is 0 Å². The number of nitrogens with zero attached hydrogens (tertiary/aromatic N) is 1. The molecule has 0 aliphatic heterocycles. The first kappa shape index (κ1) is 8.16. The minimum atomic E-state index is 1.03. The molecule has 1 nitrogen and oxygen atoms in total. The lowest BCUT2D eigenvalue weighted by Crippen LogP contribution is -1.77. The van der Waals surface area contributed by atoms with Crippen LogP contribution in [0.5, 0.6) is 0 Å². The summed E-state index contributed by atoms with van der Waals surface area (Å²) in [6.07, 6.45) is 0. The average molecular weight is 163 g/mol. The molecule has 0 radical (unpaired) electrons. The summed E-state index contributed by atoms with van der Waals surface area (Å²) in [6.45, 7) is 4.07. The molecule has 0 N–H and O–H groups in total. The third kappa shape index (κ3) is 2.28. The standard InChI is InChI=1S/C9H9NS/c1-7-3-8(2)5-9(4-7)11-6-10/h3-5H,1-2H3. The summed E-state index contributed by atoms with van der Waals surface area (Å²) in [5.41, 5.74) is 2.42. The van der Waals surface area contributed by atoms with Gasteiger partial charge in [-0.3, -0.25) is 0 Å². The van der Waals surface area contributed by atoms with Crippen molar-refractivity contribution in [2.75, 3.05) is 0 Å². The summed E-state index contributed by atoms with van der Waals surface area (Å²) in [5, 5.41) is 10.5. The van der Waals surface area contributed by atoms with Crippen molar-refractivity contribution in [1.29, 1.82) is 5.26 Å². The van der Waals surface area contributed by atoms with Crippen molar-refractivity contribution < 1.29 is 0 Å². The molecule has 0 atom stereocenters. The highest BCUT2D eigenvalue weighted by molar-refractivity contribution is 8.03. The monoisotopic (exact) mass is 163 g/mol. The molecule has 0 aliphatic rings. The van der Waals surface area contributed by atoms with Crippen molar-refractivity contribution in [2.24, 2.45) is 0 Å². The van der Waals surface area contributed by atoms with Crippen LogP contribution in [0.25, 0.3) is 0 Å². The molecule has 0 saturated heterocycles. The van der Waals surface area contributed by atoms with Gasteiger partial charge in [0.15, 0.2) is 0 Å². The first-order valence-electron chi connectivity index (χ1n) is 3.36. The number of aryl methyl sites for hydroxylation is 2. The van der Waals surface area contributed by atoms with E-state index >= 15 is 0 Å². The number of rotatable bonds is 1. The number of hydrogen-bond donors (Lipinski definition) is 0. The molecule has 1 aromatic carbocycles. The number of benzene rings is 1. The largest absolute Gasteiger partial charge is 0.185 e. The fourth-order valence-corrected chi connectivity index (χ4v) is 1.64. The summed E-state index contributed by atoms with van der Waals surface area (Å²) >= 11 is 1.21. The SMILES string of the molecule is Cc1cc(C)cc(SC#N)c1. The first-order valence-corrected chi connectivity index (χ1v) is 4.18. The summed E-state index contributed by atoms with van der Waals surface area (Å²) in [4.78, 5) is 1.03. The minimum absolute atomic E-state index is 1.03. The molecule has 0 bridgehead atoms. The molecule has 2 heteroatoms. The molecular weight excluding hydrogens is 154 g/mol. The van der Waals surface area contributed by atoms with Crippen molar-refractivity contribution >= 4 is 11.8 Å². The maximum atomic E-state index is 8.41. The molecule has 0 fully saturated rings. The van der Waals surface area contributed by atoms with Crippen LogP contribution >= 0.6 is 11.8 Å². The van der Waals surface area contributed by atoms with E-state index in [1.54, 1.807) is 0 Å². The lowest BCUT2D eigenvalue weighted by molar-refractivity contribution is 1.30. The lowest BCUT2D eigenvalue weighted by atomic mass is 10.2. The first-order chi connectivity index (χ1) is 5.22. The van der Waals surface area contributed by atoms with Gasteiger partial charge in [-0.2, -0.15) is 5.26 Å². The van der Waals surface area contributed by atoms with Crippen LogP contribution in [0.15, 0.2) is 23.1 Å². The molecule has 0 saturated carbocycles. The van der Waals surface area contributed by atoms with Gasteiger partial charge in [-0.15, -0.1) is 0 Å². The van der Waals surface area contributed by atoms with Gasteiger partial charge in [-0.1, -0.05) is 6.07 Å². The Morgan fingerprint density at radius 3 is 2.18 bits per heavy atom. The van der Waals surface area contributed by atoms with Gasteiger partial charge in [0, 0.05) is 4.90 Å². The Labute approximate surface area is 71.0 Å². The fourth-order valence-electron chi connectivity index (χ4n) is 1.04. The Morgan fingerprint density at radius 2 is 1.73 bits per heavy atom. The van der Waals surface area contributed by atoms with Crippen molar-refractivity contribution in [1.82, 2.24) is 0 Å². The zero-order chi connectivity index (χ0) is 8.27. The molecule has 1 rings (SSSR count). The van der Waals surface area contributed by atoms with Gasteiger partial charge < -0.3 is 0 Å². The molecule has 0 aliphatic carbocycles. The predicted molar refractivity (Wildman–Crippen MR) is 47.4 cm³/mol. The number of hydrogen-bond acceptors (Lipinski definition) is 2. The molecule has 11 heavy (non-hydrogen) atoms. The highest BCUT2D eigenvalue weighted by atomic mass is 32.2. The van der Waals surface area contributed by atoms with Crippen LogP contribution in [-0.4, -0.2) is 0 Å². The van der Waals surface area contributed by atoms with E-state index in [1.165, 1.54) is 22.9 Å². The van der Waals surface area contributed by atoms with E-state index in [4.69, 9.17) is 5.26 Å². The van der Waals surface area contributed by atoms with E-state index in [0.717, 1.165) is 4.90 Å². The maximum absolute atomic E-state index is 8.41. The Morgan fingerprint density at radius 1 is 1.18 bits per heavy atom. The van der Waals surface area contributed by atoms with Crippen molar-refractivity contribution in [3.63, 3.8) is 0 Å². The van der Waals surface area contributed by atoms with Crippen molar-refractivity contribution in [3.05, 3.63) is 29.3 Å². The molecule has 0 amide bonds. The van der Waals surface area contributed by atoms with Crippen molar-refractivity contribution in [2.45, 2.75) is 18.7 Å². The highest BCUT2D eigenvalue weighted by Gasteiger charge is 1.94. The van der Waals surface area contributed by atoms with Gasteiger partial charge >= 0.3 is 0 Å². The third-order valence-electron chi connectivity index (χ3n) is 1.36. The molecule has 56 valence electrons. The molecule has 0 heterocycles. The number of nitriles is 1. The van der Waals surface area contributed by atoms with Crippen LogP contribution in [0.1, 0.15) is 11.1 Å². The van der Waals surface area contributed by atoms with Crippen LogP contribution in [0.2, 0.25) is 0 Å². The van der Waals surface area contributed by atoms with E-state index in [9.17, 15) is 0 Å². The summed E-state index contributed by atoms with van der Waals surface area (Å²) < 4.78 is 0. The fraction of sp³-hybridized carbons (Fsp3) is 0.222. The average Bonchev–Trinajstić information content (AvgIpc) is 1.85. The van der Waals surface area contributed by atoms with E-state index in [0.29, 0.717) is 0 Å². The summed E-state index contributed by atoms with van der Waals surface area (Å²) in [5.74, 6) is 0. The van der Waals surface area contributed by atoms with Crippen LogP contribution in [0.3, 0.4) is 0 Å². The predicted octanol–water partition coefficient (Wildman–Crippen LogP) is 2.88. The van der Waals surface area contributed by atoms with Gasteiger partial charge in [0.1, 0.15) is 5.40 Å². The summed E-state index contributed by atoms with van der Waals surface area (Å²) in [7, 11) is 0. The quantitative estimate of drug-likeness (QED) is 0.469. The van der Waals surface area contributed by atoms with Gasteiger partial charge in [0.05, 0.1) is 0 Å². The van der Waals surface area contributed by atoms with E-state index in [1.807, 2.05) is 26.0 Å². The highest BCUT2D eigenvalue weighted by Crippen LogP contribution is 2.19. The van der Waals surface area contributed by atoms with E-state index in [-0.39, 0.29) is 0 Å². The molecular formula is C9H9NS.